The predicted octanol–water partition coefficient (Wildman–Crippen LogP) is 5.46. The van der Waals surface area contributed by atoms with Crippen LogP contribution in [-0.2, 0) is 0 Å². The van der Waals surface area contributed by atoms with Crippen molar-refractivity contribution in [1.29, 1.82) is 0 Å². The number of hydrogen-bond donors (Lipinski definition) is 0. The van der Waals surface area contributed by atoms with Crippen molar-refractivity contribution >= 4 is 34.2 Å². The van der Waals surface area contributed by atoms with E-state index in [-0.39, 0.29) is 5.78 Å². The maximum atomic E-state index is 12.3. The van der Waals surface area contributed by atoms with Gasteiger partial charge in [0.2, 0.25) is 5.78 Å². The third-order valence-electron chi connectivity index (χ3n) is 3.91. The van der Waals surface area contributed by atoms with Crippen molar-refractivity contribution in [2.24, 2.45) is 0 Å². The second-order valence-corrected chi connectivity index (χ2v) is 6.51. The van der Waals surface area contributed by atoms with Crippen LogP contribution in [0.1, 0.15) is 16.2 Å². The van der Waals surface area contributed by atoms with Crippen molar-refractivity contribution in [2.45, 2.75) is 0 Å². The molecule has 0 bridgehead atoms. The number of methoxy groups -OCH3 is 1. The number of rotatable bonds is 5. The standard InChI is InChI=1S/C21H15NO3S/c1-24-17-7-4-6-15(11-17)21-22-16(13-26-21)9-10-18(23)20-12-14-5-2-3-8-19(14)25-20/h2-13H,1H3/b10-9+. The van der Waals surface area contributed by atoms with Gasteiger partial charge in [0, 0.05) is 16.3 Å². The van der Waals surface area contributed by atoms with E-state index in [1.807, 2.05) is 53.9 Å². The highest BCUT2D eigenvalue weighted by Gasteiger charge is 2.10. The van der Waals surface area contributed by atoms with Gasteiger partial charge in [-0.3, -0.25) is 4.79 Å². The number of hydrogen-bond acceptors (Lipinski definition) is 5. The molecule has 2 heterocycles. The highest BCUT2D eigenvalue weighted by molar-refractivity contribution is 7.13. The zero-order chi connectivity index (χ0) is 17.9. The Hall–Kier alpha value is -3.18. The van der Waals surface area contributed by atoms with Gasteiger partial charge in [0.1, 0.15) is 16.3 Å². The van der Waals surface area contributed by atoms with Crippen LogP contribution in [0, 0.1) is 0 Å². The van der Waals surface area contributed by atoms with Crippen molar-refractivity contribution in [3.05, 3.63) is 77.5 Å². The monoisotopic (exact) mass is 361 g/mol. The fourth-order valence-corrected chi connectivity index (χ4v) is 3.38. The van der Waals surface area contributed by atoms with Crippen LogP contribution in [0.15, 0.2) is 70.5 Å². The predicted molar refractivity (Wildman–Crippen MR) is 104 cm³/mol. The number of ketones is 1. The van der Waals surface area contributed by atoms with Crippen molar-refractivity contribution in [2.75, 3.05) is 7.11 Å². The molecular formula is C21H15NO3S. The molecule has 0 atom stereocenters. The first kappa shape index (κ1) is 16.3. The number of fused-ring (bicyclic) bond motifs is 1. The molecule has 128 valence electrons. The number of carbonyl (C=O) groups excluding carboxylic acids is 1. The van der Waals surface area contributed by atoms with Gasteiger partial charge >= 0.3 is 0 Å². The third-order valence-corrected chi connectivity index (χ3v) is 4.82. The van der Waals surface area contributed by atoms with E-state index in [1.54, 1.807) is 19.3 Å². The van der Waals surface area contributed by atoms with Gasteiger partial charge < -0.3 is 9.15 Å². The zero-order valence-corrected chi connectivity index (χ0v) is 14.8. The Balaban J connectivity index is 1.53. The van der Waals surface area contributed by atoms with Crippen LogP contribution >= 0.6 is 11.3 Å². The van der Waals surface area contributed by atoms with Gasteiger partial charge in [-0.15, -0.1) is 11.3 Å². The van der Waals surface area contributed by atoms with Gasteiger partial charge in [-0.1, -0.05) is 30.3 Å². The molecule has 5 heteroatoms. The smallest absolute Gasteiger partial charge is 0.221 e. The fraction of sp³-hybridized carbons (Fsp3) is 0.0476. The van der Waals surface area contributed by atoms with E-state index in [2.05, 4.69) is 4.98 Å². The Bertz CT molecular complexity index is 1070. The lowest BCUT2D eigenvalue weighted by molar-refractivity contribution is 0.102. The topological polar surface area (TPSA) is 52.3 Å². The molecule has 4 rings (SSSR count). The minimum absolute atomic E-state index is 0.183. The zero-order valence-electron chi connectivity index (χ0n) is 14.0. The van der Waals surface area contributed by atoms with Crippen molar-refractivity contribution < 1.29 is 13.9 Å². The molecule has 2 aromatic heterocycles. The second kappa shape index (κ2) is 6.98. The maximum Gasteiger partial charge on any atom is 0.221 e. The highest BCUT2D eigenvalue weighted by Crippen LogP contribution is 2.27. The fourth-order valence-electron chi connectivity index (χ4n) is 2.60. The van der Waals surface area contributed by atoms with E-state index in [9.17, 15) is 4.79 Å². The minimum atomic E-state index is -0.183. The number of thiazole rings is 1. The molecular weight excluding hydrogens is 346 g/mol. The number of furan rings is 1. The molecule has 0 unspecified atom stereocenters. The van der Waals surface area contributed by atoms with Crippen LogP contribution in [0.4, 0.5) is 0 Å². The molecule has 0 amide bonds. The van der Waals surface area contributed by atoms with Crippen LogP contribution in [-0.4, -0.2) is 17.9 Å². The van der Waals surface area contributed by atoms with Gasteiger partial charge in [-0.05, 0) is 36.4 Å². The number of aromatic nitrogens is 1. The van der Waals surface area contributed by atoms with Gasteiger partial charge in [0.15, 0.2) is 5.76 Å². The summed E-state index contributed by atoms with van der Waals surface area (Å²) >= 11 is 1.52. The Morgan fingerprint density at radius 1 is 1.15 bits per heavy atom. The van der Waals surface area contributed by atoms with Gasteiger partial charge in [0.05, 0.1) is 12.8 Å². The second-order valence-electron chi connectivity index (χ2n) is 5.66. The molecule has 0 aliphatic heterocycles. The number of allylic oxidation sites excluding steroid dienone is 1. The largest absolute Gasteiger partial charge is 0.497 e. The lowest BCUT2D eigenvalue weighted by Gasteiger charge is -2.00. The van der Waals surface area contributed by atoms with Crippen molar-refractivity contribution in [3.8, 4) is 16.3 Å². The number of benzene rings is 2. The van der Waals surface area contributed by atoms with Crippen LogP contribution in [0.2, 0.25) is 0 Å². The summed E-state index contributed by atoms with van der Waals surface area (Å²) in [4.78, 5) is 16.9. The van der Waals surface area contributed by atoms with Crippen LogP contribution in [0.5, 0.6) is 5.75 Å². The van der Waals surface area contributed by atoms with Crippen LogP contribution in [0.3, 0.4) is 0 Å². The minimum Gasteiger partial charge on any atom is -0.497 e. The highest BCUT2D eigenvalue weighted by atomic mass is 32.1. The van der Waals surface area contributed by atoms with Gasteiger partial charge in [-0.2, -0.15) is 0 Å². The summed E-state index contributed by atoms with van der Waals surface area (Å²) < 4.78 is 10.8. The number of carbonyl (C=O) groups is 1. The van der Waals surface area contributed by atoms with Crippen molar-refractivity contribution in [3.63, 3.8) is 0 Å². The molecule has 0 fully saturated rings. The van der Waals surface area contributed by atoms with E-state index in [0.717, 1.165) is 27.4 Å². The normalized spacial score (nSPS) is 11.3. The molecule has 0 spiro atoms. The molecule has 0 aliphatic carbocycles. The molecule has 0 saturated carbocycles. The summed E-state index contributed by atoms with van der Waals surface area (Å²) in [6.45, 7) is 0. The molecule has 26 heavy (non-hydrogen) atoms. The molecule has 2 aromatic carbocycles. The Morgan fingerprint density at radius 3 is 2.88 bits per heavy atom. The lowest BCUT2D eigenvalue weighted by atomic mass is 10.2. The summed E-state index contributed by atoms with van der Waals surface area (Å²) in [6, 6.07) is 17.0. The molecule has 0 aliphatic rings. The lowest BCUT2D eigenvalue weighted by Crippen LogP contribution is -1.90. The number of ether oxygens (including phenoxy) is 1. The van der Waals surface area contributed by atoms with Gasteiger partial charge in [0.25, 0.3) is 0 Å². The van der Waals surface area contributed by atoms with E-state index in [1.165, 1.54) is 17.4 Å². The Morgan fingerprint density at radius 2 is 2.04 bits per heavy atom. The summed E-state index contributed by atoms with van der Waals surface area (Å²) in [5, 5.41) is 3.70. The Kier molecular flexibility index (Phi) is 4.37. The first-order valence-corrected chi connectivity index (χ1v) is 8.92. The SMILES string of the molecule is COc1cccc(-c2nc(/C=C/C(=O)c3cc4ccccc4o3)cs2)c1. The summed E-state index contributed by atoms with van der Waals surface area (Å²) in [5.41, 5.74) is 2.42. The third kappa shape index (κ3) is 3.30. The Labute approximate surface area is 154 Å². The van der Waals surface area contributed by atoms with E-state index in [4.69, 9.17) is 9.15 Å². The first-order chi connectivity index (χ1) is 12.7. The average Bonchev–Trinajstić information content (AvgIpc) is 3.33. The first-order valence-electron chi connectivity index (χ1n) is 8.04. The van der Waals surface area contributed by atoms with E-state index >= 15 is 0 Å². The summed E-state index contributed by atoms with van der Waals surface area (Å²) in [5.74, 6) is 0.928. The van der Waals surface area contributed by atoms with Gasteiger partial charge in [-0.25, -0.2) is 4.98 Å². The molecule has 0 radical (unpaired) electrons. The molecule has 4 aromatic rings. The number of para-hydroxylation sites is 1. The maximum absolute atomic E-state index is 12.3. The molecule has 0 N–H and O–H groups in total. The van der Waals surface area contributed by atoms with E-state index < -0.39 is 0 Å². The molecule has 0 saturated heterocycles. The van der Waals surface area contributed by atoms with Crippen molar-refractivity contribution in [1.82, 2.24) is 4.98 Å². The summed E-state index contributed by atoms with van der Waals surface area (Å²) in [7, 11) is 1.64. The van der Waals surface area contributed by atoms with E-state index in [0.29, 0.717) is 11.3 Å². The number of nitrogens with zero attached hydrogens (tertiary/aromatic N) is 1. The van der Waals surface area contributed by atoms with Crippen LogP contribution < -0.4 is 4.74 Å². The van der Waals surface area contributed by atoms with Crippen LogP contribution in [0.25, 0.3) is 27.6 Å². The summed E-state index contributed by atoms with van der Waals surface area (Å²) in [6.07, 6.45) is 3.19. The quantitative estimate of drug-likeness (QED) is 0.350. The average molecular weight is 361 g/mol. The molecule has 4 nitrogen and oxygen atoms in total.